The largest absolute Gasteiger partial charge is 0.326 e. The Hall–Kier alpha value is -1.26. The van der Waals surface area contributed by atoms with E-state index < -0.39 is 9.75 Å². The van der Waals surface area contributed by atoms with E-state index in [0.717, 1.165) is 18.4 Å². The van der Waals surface area contributed by atoms with Crippen LogP contribution in [0.5, 0.6) is 0 Å². The van der Waals surface area contributed by atoms with Crippen molar-refractivity contribution in [3.63, 3.8) is 0 Å². The summed E-state index contributed by atoms with van der Waals surface area (Å²) in [5, 5.41) is 5.74. The molecule has 118 valence electrons. The van der Waals surface area contributed by atoms with Crippen molar-refractivity contribution in [1.82, 2.24) is 0 Å². The van der Waals surface area contributed by atoms with Crippen LogP contribution in [0.1, 0.15) is 31.7 Å². The zero-order chi connectivity index (χ0) is 16.1. The van der Waals surface area contributed by atoms with Crippen molar-refractivity contribution in [2.24, 2.45) is 11.3 Å². The van der Waals surface area contributed by atoms with Gasteiger partial charge in [-0.25, -0.2) is 0 Å². The van der Waals surface area contributed by atoms with Crippen LogP contribution in [0.3, 0.4) is 0 Å². The van der Waals surface area contributed by atoms with Crippen LogP contribution in [0.25, 0.3) is 0 Å². The molecule has 2 amide bonds. The Morgan fingerprint density at radius 3 is 2.41 bits per heavy atom. The molecule has 2 aliphatic rings. The Balaban J connectivity index is 1.73. The number of carbonyl (C=O) groups is 2. The van der Waals surface area contributed by atoms with Crippen LogP contribution >= 0.6 is 23.2 Å². The summed E-state index contributed by atoms with van der Waals surface area (Å²) in [6, 6.07) is 5.46. The second-order valence-electron chi connectivity index (χ2n) is 6.46. The molecule has 2 aliphatic carbocycles. The van der Waals surface area contributed by atoms with Gasteiger partial charge in [0.15, 0.2) is 0 Å². The van der Waals surface area contributed by atoms with E-state index in [1.54, 1.807) is 13.0 Å². The highest BCUT2D eigenvalue weighted by atomic mass is 35.5. The maximum absolute atomic E-state index is 12.3. The molecule has 6 heteroatoms. The lowest BCUT2D eigenvalue weighted by Gasteiger charge is -2.15. The van der Waals surface area contributed by atoms with Gasteiger partial charge in [0.05, 0.1) is 5.41 Å². The molecule has 1 aromatic rings. The van der Waals surface area contributed by atoms with Gasteiger partial charge in [0.25, 0.3) is 0 Å². The first-order chi connectivity index (χ1) is 10.2. The minimum atomic E-state index is -0.997. The van der Waals surface area contributed by atoms with Crippen LogP contribution in [-0.2, 0) is 9.59 Å². The van der Waals surface area contributed by atoms with E-state index in [1.807, 2.05) is 19.1 Å². The number of aryl methyl sites for hydroxylation is 1. The van der Waals surface area contributed by atoms with Crippen LogP contribution in [0.15, 0.2) is 18.2 Å². The molecule has 0 unspecified atom stereocenters. The number of hydrogen-bond donors (Lipinski definition) is 2. The third-order valence-corrected chi connectivity index (χ3v) is 5.56. The molecule has 1 atom stereocenters. The molecular weight excluding hydrogens is 323 g/mol. The van der Waals surface area contributed by atoms with Gasteiger partial charge in [-0.2, -0.15) is 0 Å². The van der Waals surface area contributed by atoms with Crippen LogP contribution in [-0.4, -0.2) is 16.1 Å². The molecule has 0 spiro atoms. The topological polar surface area (TPSA) is 58.2 Å². The standard InChI is InChI=1S/C16H18Cl2N2O2/c1-9-3-6-11(19-13(21)10-4-5-10)7-12(9)20-14(22)15(2)8-16(15,17)18/h3,6-7,10H,4-5,8H2,1-2H3,(H,19,21)(H,20,22)/t15-/m1/s1. The first-order valence-electron chi connectivity index (χ1n) is 7.34. The quantitative estimate of drug-likeness (QED) is 0.817. The lowest BCUT2D eigenvalue weighted by atomic mass is 10.1. The van der Waals surface area contributed by atoms with Gasteiger partial charge in [-0.3, -0.25) is 9.59 Å². The van der Waals surface area contributed by atoms with Crippen molar-refractivity contribution < 1.29 is 9.59 Å². The van der Waals surface area contributed by atoms with Gasteiger partial charge >= 0.3 is 0 Å². The normalized spacial score (nSPS) is 25.5. The van der Waals surface area contributed by atoms with Gasteiger partial charge in [0.1, 0.15) is 4.33 Å². The van der Waals surface area contributed by atoms with Crippen molar-refractivity contribution in [2.75, 3.05) is 10.6 Å². The molecule has 0 heterocycles. The van der Waals surface area contributed by atoms with E-state index in [2.05, 4.69) is 10.6 Å². The molecule has 0 aliphatic heterocycles. The monoisotopic (exact) mass is 340 g/mol. The zero-order valence-electron chi connectivity index (χ0n) is 12.5. The Morgan fingerprint density at radius 1 is 1.23 bits per heavy atom. The lowest BCUT2D eigenvalue weighted by Crippen LogP contribution is -2.26. The first-order valence-corrected chi connectivity index (χ1v) is 8.09. The molecule has 2 saturated carbocycles. The number of carbonyl (C=O) groups excluding carboxylic acids is 2. The van der Waals surface area contributed by atoms with Gasteiger partial charge in [-0.05, 0) is 50.8 Å². The van der Waals surface area contributed by atoms with E-state index in [1.165, 1.54) is 0 Å². The SMILES string of the molecule is Cc1ccc(NC(=O)C2CC2)cc1NC(=O)[C@@]1(C)CC1(Cl)Cl. The molecule has 0 radical (unpaired) electrons. The number of alkyl halides is 2. The highest BCUT2D eigenvalue weighted by Gasteiger charge is 2.67. The smallest absolute Gasteiger partial charge is 0.233 e. The highest BCUT2D eigenvalue weighted by molar-refractivity contribution is 6.53. The summed E-state index contributed by atoms with van der Waals surface area (Å²) in [5.74, 6) is -0.0279. The summed E-state index contributed by atoms with van der Waals surface area (Å²) in [5.41, 5.74) is 1.49. The first kappa shape index (κ1) is 15.6. The van der Waals surface area contributed by atoms with Gasteiger partial charge in [0.2, 0.25) is 11.8 Å². The fourth-order valence-electron chi connectivity index (χ4n) is 2.33. The molecule has 22 heavy (non-hydrogen) atoms. The van der Waals surface area contributed by atoms with Crippen LogP contribution < -0.4 is 10.6 Å². The third-order valence-electron chi connectivity index (χ3n) is 4.46. The number of anilines is 2. The predicted octanol–water partition coefficient (Wildman–Crippen LogP) is 3.87. The van der Waals surface area contributed by atoms with E-state index in [9.17, 15) is 9.59 Å². The van der Waals surface area contributed by atoms with Gasteiger partial charge in [-0.1, -0.05) is 6.07 Å². The van der Waals surface area contributed by atoms with Crippen LogP contribution in [0, 0.1) is 18.3 Å². The number of hydrogen-bond acceptors (Lipinski definition) is 2. The van der Waals surface area contributed by atoms with Gasteiger partial charge in [-0.15, -0.1) is 23.2 Å². The maximum atomic E-state index is 12.3. The van der Waals surface area contributed by atoms with Crippen molar-refractivity contribution in [1.29, 1.82) is 0 Å². The predicted molar refractivity (Wildman–Crippen MR) is 88.3 cm³/mol. The maximum Gasteiger partial charge on any atom is 0.233 e. The summed E-state index contributed by atoms with van der Waals surface area (Å²) in [6.07, 6.45) is 2.34. The Kier molecular flexibility index (Phi) is 3.65. The van der Waals surface area contributed by atoms with Crippen molar-refractivity contribution in [2.45, 2.75) is 37.4 Å². The average Bonchev–Trinajstić information content (AvgIpc) is 3.32. The van der Waals surface area contributed by atoms with Crippen LogP contribution in [0.4, 0.5) is 11.4 Å². The summed E-state index contributed by atoms with van der Waals surface area (Å²) >= 11 is 12.1. The summed E-state index contributed by atoms with van der Waals surface area (Å²) in [4.78, 5) is 24.2. The Bertz CT molecular complexity index is 656. The van der Waals surface area contributed by atoms with Crippen molar-refractivity contribution >= 4 is 46.4 Å². The average molecular weight is 341 g/mol. The summed E-state index contributed by atoms with van der Waals surface area (Å²) < 4.78 is -0.997. The van der Waals surface area contributed by atoms with E-state index >= 15 is 0 Å². The number of nitrogens with one attached hydrogen (secondary N) is 2. The minimum absolute atomic E-state index is 0.0378. The molecular formula is C16H18Cl2N2O2. The number of benzene rings is 1. The molecule has 0 saturated heterocycles. The molecule has 3 rings (SSSR count). The number of amides is 2. The zero-order valence-corrected chi connectivity index (χ0v) is 14.0. The van der Waals surface area contributed by atoms with E-state index in [4.69, 9.17) is 23.2 Å². The lowest BCUT2D eigenvalue weighted by molar-refractivity contribution is -0.120. The Labute approximate surface area is 139 Å². The third kappa shape index (κ3) is 2.82. The van der Waals surface area contributed by atoms with Crippen molar-refractivity contribution in [3.8, 4) is 0 Å². The summed E-state index contributed by atoms with van der Waals surface area (Å²) in [6.45, 7) is 3.64. The molecule has 4 nitrogen and oxygen atoms in total. The van der Waals surface area contributed by atoms with E-state index in [0.29, 0.717) is 17.8 Å². The second-order valence-corrected chi connectivity index (χ2v) is 7.94. The van der Waals surface area contributed by atoms with Crippen molar-refractivity contribution in [3.05, 3.63) is 23.8 Å². The molecule has 1 aromatic carbocycles. The summed E-state index contributed by atoms with van der Waals surface area (Å²) in [7, 11) is 0. The van der Waals surface area contributed by atoms with Crippen LogP contribution in [0.2, 0.25) is 0 Å². The molecule has 0 aromatic heterocycles. The van der Waals surface area contributed by atoms with Gasteiger partial charge in [0, 0.05) is 17.3 Å². The second kappa shape index (κ2) is 5.14. The number of rotatable bonds is 4. The van der Waals surface area contributed by atoms with Gasteiger partial charge < -0.3 is 10.6 Å². The van der Waals surface area contributed by atoms with E-state index in [-0.39, 0.29) is 17.7 Å². The number of halogens is 2. The Morgan fingerprint density at radius 2 is 1.86 bits per heavy atom. The highest BCUT2D eigenvalue weighted by Crippen LogP contribution is 2.64. The minimum Gasteiger partial charge on any atom is -0.326 e. The fraction of sp³-hybridized carbons (Fsp3) is 0.500. The molecule has 2 N–H and O–H groups in total. The molecule has 0 bridgehead atoms. The fourth-order valence-corrected chi connectivity index (χ4v) is 3.04. The molecule has 2 fully saturated rings.